The standard InChI is InChI=1S/C24H28O/c1-23(2,3)22-11-6-5-9-20(22)19-10-7-8-18-12-17(13-21(18)19)14-24(4)15-25-16-24/h5-11,13H,12,14-16H2,1-4H3. The van der Waals surface area contributed by atoms with Gasteiger partial charge in [0, 0.05) is 5.41 Å². The van der Waals surface area contributed by atoms with Crippen molar-refractivity contribution in [1.82, 2.24) is 0 Å². The van der Waals surface area contributed by atoms with Gasteiger partial charge in [0.1, 0.15) is 0 Å². The summed E-state index contributed by atoms with van der Waals surface area (Å²) in [5.41, 5.74) is 9.12. The molecule has 2 aromatic carbocycles. The Kier molecular flexibility index (Phi) is 3.88. The third kappa shape index (κ3) is 3.06. The van der Waals surface area contributed by atoms with Crippen LogP contribution in [0.5, 0.6) is 0 Å². The fourth-order valence-electron chi connectivity index (χ4n) is 4.26. The minimum absolute atomic E-state index is 0.140. The van der Waals surface area contributed by atoms with Gasteiger partial charge in [-0.25, -0.2) is 0 Å². The first-order chi connectivity index (χ1) is 11.9. The number of ether oxygens (including phenoxy) is 1. The Labute approximate surface area is 151 Å². The molecule has 1 fully saturated rings. The third-order valence-corrected chi connectivity index (χ3v) is 5.54. The first-order valence-electron chi connectivity index (χ1n) is 9.35. The van der Waals surface area contributed by atoms with E-state index >= 15 is 0 Å². The van der Waals surface area contributed by atoms with E-state index in [4.69, 9.17) is 4.74 Å². The molecule has 0 bridgehead atoms. The second-order valence-electron chi connectivity index (χ2n) is 9.13. The Hall–Kier alpha value is -1.86. The molecule has 1 aliphatic heterocycles. The first-order valence-corrected chi connectivity index (χ1v) is 9.35. The van der Waals surface area contributed by atoms with Gasteiger partial charge < -0.3 is 4.74 Å². The summed E-state index contributed by atoms with van der Waals surface area (Å²) >= 11 is 0. The van der Waals surface area contributed by atoms with E-state index < -0.39 is 0 Å². The lowest BCUT2D eigenvalue weighted by Crippen LogP contribution is -2.39. The molecular formula is C24H28O. The molecule has 0 spiro atoms. The molecule has 0 radical (unpaired) electrons. The maximum atomic E-state index is 5.44. The van der Waals surface area contributed by atoms with Gasteiger partial charge in [-0.2, -0.15) is 0 Å². The number of hydrogen-bond donors (Lipinski definition) is 0. The maximum Gasteiger partial charge on any atom is 0.0545 e. The Morgan fingerprint density at radius 3 is 2.36 bits per heavy atom. The van der Waals surface area contributed by atoms with Crippen LogP contribution in [0, 0.1) is 5.41 Å². The highest BCUT2D eigenvalue weighted by molar-refractivity contribution is 5.82. The van der Waals surface area contributed by atoms with Crippen molar-refractivity contribution < 1.29 is 4.74 Å². The normalized spacial score (nSPS) is 18.5. The van der Waals surface area contributed by atoms with Crippen LogP contribution in [0.2, 0.25) is 0 Å². The van der Waals surface area contributed by atoms with E-state index in [2.05, 4.69) is 76.2 Å². The smallest absolute Gasteiger partial charge is 0.0545 e. The van der Waals surface area contributed by atoms with Gasteiger partial charge in [-0.05, 0) is 46.1 Å². The Morgan fingerprint density at radius 1 is 0.960 bits per heavy atom. The van der Waals surface area contributed by atoms with Crippen LogP contribution in [0.25, 0.3) is 17.2 Å². The molecule has 1 aliphatic carbocycles. The van der Waals surface area contributed by atoms with Gasteiger partial charge in [0.25, 0.3) is 0 Å². The van der Waals surface area contributed by atoms with Gasteiger partial charge in [0.15, 0.2) is 0 Å². The lowest BCUT2D eigenvalue weighted by Gasteiger charge is -2.38. The number of hydrogen-bond acceptors (Lipinski definition) is 1. The van der Waals surface area contributed by atoms with Crippen LogP contribution >= 0.6 is 0 Å². The highest BCUT2D eigenvalue weighted by atomic mass is 16.5. The Balaban J connectivity index is 1.75. The van der Waals surface area contributed by atoms with Gasteiger partial charge in [-0.1, -0.05) is 81.8 Å². The molecule has 1 saturated heterocycles. The molecule has 1 nitrogen and oxygen atoms in total. The van der Waals surface area contributed by atoms with E-state index in [0.717, 1.165) is 26.1 Å². The summed E-state index contributed by atoms with van der Waals surface area (Å²) in [7, 11) is 0. The zero-order chi connectivity index (χ0) is 17.7. The summed E-state index contributed by atoms with van der Waals surface area (Å²) in [6.07, 6.45) is 4.70. The Morgan fingerprint density at radius 2 is 1.68 bits per heavy atom. The monoisotopic (exact) mass is 332 g/mol. The van der Waals surface area contributed by atoms with Crippen LogP contribution in [-0.4, -0.2) is 13.2 Å². The molecule has 0 aromatic heterocycles. The molecule has 130 valence electrons. The van der Waals surface area contributed by atoms with E-state index in [1.807, 2.05) is 0 Å². The average Bonchev–Trinajstić information content (AvgIpc) is 2.94. The lowest BCUT2D eigenvalue weighted by molar-refractivity contribution is -0.100. The van der Waals surface area contributed by atoms with Gasteiger partial charge in [0.05, 0.1) is 13.2 Å². The molecule has 4 rings (SSSR count). The van der Waals surface area contributed by atoms with Crippen molar-refractivity contribution in [3.05, 3.63) is 64.7 Å². The molecule has 1 heteroatoms. The van der Waals surface area contributed by atoms with Crippen molar-refractivity contribution in [2.24, 2.45) is 5.41 Å². The van der Waals surface area contributed by atoms with E-state index in [1.165, 1.54) is 27.8 Å². The van der Waals surface area contributed by atoms with Gasteiger partial charge in [0.2, 0.25) is 0 Å². The first kappa shape index (κ1) is 16.6. The van der Waals surface area contributed by atoms with E-state index in [-0.39, 0.29) is 5.41 Å². The van der Waals surface area contributed by atoms with Crippen LogP contribution in [-0.2, 0) is 16.6 Å². The maximum absolute atomic E-state index is 5.44. The number of rotatable bonds is 3. The minimum Gasteiger partial charge on any atom is -0.380 e. The van der Waals surface area contributed by atoms with E-state index in [1.54, 1.807) is 5.57 Å². The summed E-state index contributed by atoms with van der Waals surface area (Å²) in [6.45, 7) is 11.0. The largest absolute Gasteiger partial charge is 0.380 e. The summed E-state index contributed by atoms with van der Waals surface area (Å²) in [5, 5.41) is 0. The van der Waals surface area contributed by atoms with Crippen molar-refractivity contribution in [3.8, 4) is 11.1 Å². The zero-order valence-electron chi connectivity index (χ0n) is 15.9. The van der Waals surface area contributed by atoms with E-state index in [9.17, 15) is 0 Å². The van der Waals surface area contributed by atoms with Gasteiger partial charge in [-0.3, -0.25) is 0 Å². The van der Waals surface area contributed by atoms with Crippen LogP contribution < -0.4 is 0 Å². The van der Waals surface area contributed by atoms with Crippen molar-refractivity contribution in [2.75, 3.05) is 13.2 Å². The fraction of sp³-hybridized carbons (Fsp3) is 0.417. The van der Waals surface area contributed by atoms with Crippen LogP contribution in [0.15, 0.2) is 48.0 Å². The molecule has 2 aromatic rings. The second-order valence-corrected chi connectivity index (χ2v) is 9.13. The predicted octanol–water partition coefficient (Wildman–Crippen LogP) is 6.02. The highest BCUT2D eigenvalue weighted by Crippen LogP contribution is 2.42. The zero-order valence-corrected chi connectivity index (χ0v) is 15.9. The highest BCUT2D eigenvalue weighted by Gasteiger charge is 2.35. The number of allylic oxidation sites excluding steroid dienone is 1. The molecule has 2 aliphatic rings. The Bertz CT molecular complexity index is 831. The summed E-state index contributed by atoms with van der Waals surface area (Å²) < 4.78 is 5.44. The topological polar surface area (TPSA) is 9.23 Å². The van der Waals surface area contributed by atoms with E-state index in [0.29, 0.717) is 5.41 Å². The summed E-state index contributed by atoms with van der Waals surface area (Å²) in [5.74, 6) is 0. The van der Waals surface area contributed by atoms with Crippen molar-refractivity contribution >= 4 is 6.08 Å². The molecule has 0 atom stereocenters. The third-order valence-electron chi connectivity index (χ3n) is 5.54. The van der Waals surface area contributed by atoms with Crippen LogP contribution in [0.3, 0.4) is 0 Å². The molecule has 0 amide bonds. The van der Waals surface area contributed by atoms with Gasteiger partial charge >= 0.3 is 0 Å². The molecular weight excluding hydrogens is 304 g/mol. The molecule has 0 unspecified atom stereocenters. The second kappa shape index (κ2) is 5.85. The quantitative estimate of drug-likeness (QED) is 0.668. The molecule has 25 heavy (non-hydrogen) atoms. The van der Waals surface area contributed by atoms with Crippen LogP contribution in [0.1, 0.15) is 50.8 Å². The molecule has 1 heterocycles. The van der Waals surface area contributed by atoms with Gasteiger partial charge in [-0.15, -0.1) is 0 Å². The fourth-order valence-corrected chi connectivity index (χ4v) is 4.26. The predicted molar refractivity (Wildman–Crippen MR) is 106 cm³/mol. The SMILES string of the molecule is CC1(CC2=Cc3c(cccc3-c3ccccc3C(C)(C)C)C2)COC1. The summed E-state index contributed by atoms with van der Waals surface area (Å²) in [6, 6.07) is 15.7. The van der Waals surface area contributed by atoms with Crippen molar-refractivity contribution in [1.29, 1.82) is 0 Å². The van der Waals surface area contributed by atoms with Crippen LogP contribution in [0.4, 0.5) is 0 Å². The molecule has 0 N–H and O–H groups in total. The lowest BCUT2D eigenvalue weighted by atomic mass is 9.81. The molecule has 0 saturated carbocycles. The average molecular weight is 332 g/mol. The van der Waals surface area contributed by atoms with Crippen molar-refractivity contribution in [3.63, 3.8) is 0 Å². The summed E-state index contributed by atoms with van der Waals surface area (Å²) in [4.78, 5) is 0. The minimum atomic E-state index is 0.140. The van der Waals surface area contributed by atoms with Crippen molar-refractivity contribution in [2.45, 2.75) is 46.0 Å². The number of fused-ring (bicyclic) bond motifs is 1. The number of benzene rings is 2.